The zero-order valence-corrected chi connectivity index (χ0v) is 10.4. The van der Waals surface area contributed by atoms with Gasteiger partial charge in [-0.2, -0.15) is 0 Å². The van der Waals surface area contributed by atoms with Crippen LogP contribution in [0, 0.1) is 0 Å². The van der Waals surface area contributed by atoms with Crippen molar-refractivity contribution in [1.82, 2.24) is 0 Å². The molecule has 0 bridgehead atoms. The molecule has 0 fully saturated rings. The van der Waals surface area contributed by atoms with E-state index in [0.717, 1.165) is 0 Å². The van der Waals surface area contributed by atoms with Crippen LogP contribution < -0.4 is 10.6 Å². The monoisotopic (exact) mass is 206 g/mol. The van der Waals surface area contributed by atoms with Crippen molar-refractivity contribution in [3.63, 3.8) is 0 Å². The Morgan fingerprint density at radius 2 is 1.53 bits per heavy atom. The van der Waals surface area contributed by atoms with Crippen molar-refractivity contribution in [3.05, 3.63) is 24.3 Å². The van der Waals surface area contributed by atoms with Crippen LogP contribution in [0.5, 0.6) is 0 Å². The van der Waals surface area contributed by atoms with Gasteiger partial charge in [-0.15, -0.1) is 0 Å². The zero-order chi connectivity index (χ0) is 11.5. The van der Waals surface area contributed by atoms with Crippen molar-refractivity contribution >= 4 is 11.4 Å². The summed E-state index contributed by atoms with van der Waals surface area (Å²) in [5.41, 5.74) is 2.43. The normalized spacial score (nSPS) is 11.6. The maximum absolute atomic E-state index is 3.49. The molecule has 1 rings (SSSR count). The first-order valence-corrected chi connectivity index (χ1v) is 5.52. The van der Waals surface area contributed by atoms with Crippen LogP contribution in [0.4, 0.5) is 11.4 Å². The van der Waals surface area contributed by atoms with E-state index in [-0.39, 0.29) is 5.54 Å². The van der Waals surface area contributed by atoms with Crippen molar-refractivity contribution in [2.75, 3.05) is 10.6 Å². The minimum atomic E-state index is 0.0920. The highest BCUT2D eigenvalue weighted by molar-refractivity contribution is 5.69. The molecule has 0 aromatic heterocycles. The summed E-state index contributed by atoms with van der Waals surface area (Å²) >= 11 is 0. The number of rotatable bonds is 3. The van der Waals surface area contributed by atoms with Crippen LogP contribution in [0.2, 0.25) is 0 Å². The molecule has 0 atom stereocenters. The topological polar surface area (TPSA) is 24.1 Å². The van der Waals surface area contributed by atoms with Crippen LogP contribution in [0.3, 0.4) is 0 Å². The molecule has 0 amide bonds. The van der Waals surface area contributed by atoms with Gasteiger partial charge in [0, 0.05) is 11.6 Å². The largest absolute Gasteiger partial charge is 0.381 e. The first kappa shape index (κ1) is 11.9. The summed E-state index contributed by atoms with van der Waals surface area (Å²) in [7, 11) is 0. The summed E-state index contributed by atoms with van der Waals surface area (Å²) in [5, 5.41) is 6.93. The molecule has 0 aliphatic heterocycles. The van der Waals surface area contributed by atoms with E-state index in [9.17, 15) is 0 Å². The third-order valence-electron chi connectivity index (χ3n) is 1.88. The molecule has 0 unspecified atom stereocenters. The zero-order valence-electron chi connectivity index (χ0n) is 10.4. The molecule has 2 nitrogen and oxygen atoms in total. The van der Waals surface area contributed by atoms with Gasteiger partial charge in [0.25, 0.3) is 0 Å². The van der Waals surface area contributed by atoms with E-state index < -0.39 is 0 Å². The number of nitrogens with one attached hydrogen (secondary N) is 2. The van der Waals surface area contributed by atoms with Gasteiger partial charge >= 0.3 is 0 Å². The predicted molar refractivity (Wildman–Crippen MR) is 68.6 cm³/mol. The van der Waals surface area contributed by atoms with E-state index in [2.05, 4.69) is 69.5 Å². The lowest BCUT2D eigenvalue weighted by Crippen LogP contribution is -2.27. The molecule has 0 saturated heterocycles. The van der Waals surface area contributed by atoms with E-state index in [1.165, 1.54) is 11.4 Å². The molecule has 1 aromatic rings. The molecule has 0 radical (unpaired) electrons. The predicted octanol–water partition coefficient (Wildman–Crippen LogP) is 3.72. The Morgan fingerprint density at radius 3 is 2.00 bits per heavy atom. The Hall–Kier alpha value is -1.18. The molecule has 0 aliphatic carbocycles. The number of benzene rings is 1. The van der Waals surface area contributed by atoms with Gasteiger partial charge in [-0.05, 0) is 46.8 Å². The summed E-state index contributed by atoms with van der Waals surface area (Å²) in [5.74, 6) is 0. The van der Waals surface area contributed by atoms with Crippen molar-refractivity contribution in [2.45, 2.75) is 46.2 Å². The fourth-order valence-corrected chi connectivity index (χ4v) is 1.43. The summed E-state index contributed by atoms with van der Waals surface area (Å²) in [4.78, 5) is 0. The number of para-hydroxylation sites is 2. The molecule has 0 saturated carbocycles. The van der Waals surface area contributed by atoms with Gasteiger partial charge < -0.3 is 10.6 Å². The molecular weight excluding hydrogens is 184 g/mol. The summed E-state index contributed by atoms with van der Waals surface area (Å²) in [6, 6.07) is 8.77. The van der Waals surface area contributed by atoms with E-state index in [1.807, 2.05) is 0 Å². The van der Waals surface area contributed by atoms with Crippen molar-refractivity contribution in [3.8, 4) is 0 Å². The van der Waals surface area contributed by atoms with Gasteiger partial charge in [-0.25, -0.2) is 0 Å². The van der Waals surface area contributed by atoms with Gasteiger partial charge in [0.05, 0.1) is 11.4 Å². The lowest BCUT2D eigenvalue weighted by Gasteiger charge is -2.25. The van der Waals surface area contributed by atoms with Crippen LogP contribution >= 0.6 is 0 Å². The average Bonchev–Trinajstić information content (AvgIpc) is 2.05. The second-order valence-corrected chi connectivity index (χ2v) is 5.22. The smallest absolute Gasteiger partial charge is 0.0580 e. The Balaban J connectivity index is 2.86. The standard InChI is InChI=1S/C13H22N2/c1-10(2)14-11-8-6-7-9-12(11)15-13(3,4)5/h6-10,14-15H,1-5H3. The van der Waals surface area contributed by atoms with Gasteiger partial charge in [0.2, 0.25) is 0 Å². The Kier molecular flexibility index (Phi) is 3.61. The molecular formula is C13H22N2. The Morgan fingerprint density at radius 1 is 1.00 bits per heavy atom. The molecule has 15 heavy (non-hydrogen) atoms. The van der Waals surface area contributed by atoms with Crippen LogP contribution in [0.1, 0.15) is 34.6 Å². The van der Waals surface area contributed by atoms with Gasteiger partial charge in [0.15, 0.2) is 0 Å². The lowest BCUT2D eigenvalue weighted by atomic mass is 10.1. The third-order valence-corrected chi connectivity index (χ3v) is 1.88. The maximum Gasteiger partial charge on any atom is 0.0580 e. The minimum Gasteiger partial charge on any atom is -0.381 e. The summed E-state index contributed by atoms with van der Waals surface area (Å²) in [6.45, 7) is 10.8. The molecule has 1 aromatic carbocycles. The molecule has 2 heteroatoms. The average molecular weight is 206 g/mol. The molecule has 0 heterocycles. The van der Waals surface area contributed by atoms with E-state index in [0.29, 0.717) is 6.04 Å². The second kappa shape index (κ2) is 4.56. The number of hydrogen-bond donors (Lipinski definition) is 2. The number of hydrogen-bond acceptors (Lipinski definition) is 2. The van der Waals surface area contributed by atoms with Crippen LogP contribution in [0.15, 0.2) is 24.3 Å². The van der Waals surface area contributed by atoms with Crippen molar-refractivity contribution in [2.24, 2.45) is 0 Å². The van der Waals surface area contributed by atoms with E-state index >= 15 is 0 Å². The third kappa shape index (κ3) is 4.24. The molecule has 0 aliphatic rings. The highest BCUT2D eigenvalue weighted by Gasteiger charge is 2.11. The summed E-state index contributed by atoms with van der Waals surface area (Å²) < 4.78 is 0. The van der Waals surface area contributed by atoms with Crippen LogP contribution in [-0.4, -0.2) is 11.6 Å². The van der Waals surface area contributed by atoms with Crippen molar-refractivity contribution in [1.29, 1.82) is 0 Å². The molecule has 0 spiro atoms. The Labute approximate surface area is 93.1 Å². The van der Waals surface area contributed by atoms with Crippen LogP contribution in [-0.2, 0) is 0 Å². The molecule has 84 valence electrons. The fraction of sp³-hybridized carbons (Fsp3) is 0.538. The molecule has 2 N–H and O–H groups in total. The van der Waals surface area contributed by atoms with Gasteiger partial charge in [0.1, 0.15) is 0 Å². The van der Waals surface area contributed by atoms with Crippen molar-refractivity contribution < 1.29 is 0 Å². The quantitative estimate of drug-likeness (QED) is 0.787. The highest BCUT2D eigenvalue weighted by atomic mass is 15.0. The van der Waals surface area contributed by atoms with E-state index in [1.54, 1.807) is 0 Å². The first-order valence-electron chi connectivity index (χ1n) is 5.52. The number of anilines is 2. The minimum absolute atomic E-state index is 0.0920. The second-order valence-electron chi connectivity index (χ2n) is 5.22. The van der Waals surface area contributed by atoms with E-state index in [4.69, 9.17) is 0 Å². The highest BCUT2D eigenvalue weighted by Crippen LogP contribution is 2.24. The summed E-state index contributed by atoms with van der Waals surface area (Å²) in [6.07, 6.45) is 0. The van der Waals surface area contributed by atoms with Gasteiger partial charge in [-0.1, -0.05) is 12.1 Å². The Bertz CT molecular complexity index is 311. The SMILES string of the molecule is CC(C)Nc1ccccc1NC(C)(C)C. The fourth-order valence-electron chi connectivity index (χ4n) is 1.43. The lowest BCUT2D eigenvalue weighted by molar-refractivity contribution is 0.634. The first-order chi connectivity index (χ1) is 6.88. The maximum atomic E-state index is 3.49. The van der Waals surface area contributed by atoms with Gasteiger partial charge in [-0.3, -0.25) is 0 Å². The van der Waals surface area contributed by atoms with Crippen LogP contribution in [0.25, 0.3) is 0 Å².